The fourth-order valence-electron chi connectivity index (χ4n) is 2.50. The summed E-state index contributed by atoms with van der Waals surface area (Å²) in [7, 11) is -2.32. The molecule has 0 saturated carbocycles. The van der Waals surface area contributed by atoms with Crippen LogP contribution >= 0.6 is 0 Å². The Morgan fingerprint density at radius 2 is 1.70 bits per heavy atom. The zero-order valence-electron chi connectivity index (χ0n) is 14.5. The average molecular weight is 382 g/mol. The van der Waals surface area contributed by atoms with Gasteiger partial charge >= 0.3 is 140 Å². The molecule has 0 unspecified atom stereocenters. The van der Waals surface area contributed by atoms with Gasteiger partial charge in [0.05, 0.1) is 0 Å². The second kappa shape index (κ2) is 7.02. The van der Waals surface area contributed by atoms with Gasteiger partial charge in [0.15, 0.2) is 0 Å². The van der Waals surface area contributed by atoms with E-state index >= 15 is 0 Å². The van der Waals surface area contributed by atoms with Gasteiger partial charge in [-0.15, -0.1) is 0 Å². The van der Waals surface area contributed by atoms with Gasteiger partial charge in [-0.1, -0.05) is 0 Å². The summed E-state index contributed by atoms with van der Waals surface area (Å²) in [6.45, 7) is 19.6. The van der Waals surface area contributed by atoms with E-state index < -0.39 is 39.4 Å². The summed E-state index contributed by atoms with van der Waals surface area (Å²) < 4.78 is 3.66. The van der Waals surface area contributed by atoms with E-state index in [1.54, 1.807) is 14.4 Å². The second-order valence-electron chi connectivity index (χ2n) is 7.89. The van der Waals surface area contributed by atoms with Crippen LogP contribution in [0.1, 0.15) is 20.3 Å². The quantitative estimate of drug-likeness (QED) is 0.411. The summed E-state index contributed by atoms with van der Waals surface area (Å²) in [4.78, 5) is 0. The molecule has 0 aliphatic heterocycles. The van der Waals surface area contributed by atoms with Crippen LogP contribution in [0.4, 0.5) is 0 Å². The molecule has 0 N–H and O–H groups in total. The molecule has 0 spiro atoms. The Hall–Kier alpha value is 0.277. The van der Waals surface area contributed by atoms with Crippen LogP contribution in [0.2, 0.25) is 39.3 Å². The van der Waals surface area contributed by atoms with E-state index in [1.165, 1.54) is 6.42 Å². The van der Waals surface area contributed by atoms with Crippen molar-refractivity contribution in [3.63, 3.8) is 0 Å². The first kappa shape index (κ1) is 18.3. The maximum atomic E-state index is 2.59. The van der Waals surface area contributed by atoms with Gasteiger partial charge in [0.2, 0.25) is 0 Å². The number of allylic oxidation sites excluding steroid dienone is 6. The van der Waals surface area contributed by atoms with Gasteiger partial charge < -0.3 is 0 Å². The summed E-state index contributed by atoms with van der Waals surface area (Å²) in [6.07, 6.45) is 8.18. The number of rotatable bonds is 5. The van der Waals surface area contributed by atoms with E-state index in [0.29, 0.717) is 0 Å². The zero-order chi connectivity index (χ0) is 15.6. The number of hydrogen-bond acceptors (Lipinski definition) is 0. The van der Waals surface area contributed by atoms with Crippen LogP contribution in [0.15, 0.2) is 41.3 Å². The van der Waals surface area contributed by atoms with Crippen LogP contribution in [-0.4, -0.2) is 16.1 Å². The molecule has 0 aromatic carbocycles. The van der Waals surface area contributed by atoms with Gasteiger partial charge in [-0.05, 0) is 0 Å². The van der Waals surface area contributed by atoms with Crippen LogP contribution in [0.3, 0.4) is 0 Å². The molecule has 0 nitrogen and oxygen atoms in total. The average Bonchev–Trinajstić information content (AvgIpc) is 2.73. The van der Waals surface area contributed by atoms with E-state index in [4.69, 9.17) is 0 Å². The zero-order valence-corrected chi connectivity index (χ0v) is 19.0. The molecule has 20 heavy (non-hydrogen) atoms. The van der Waals surface area contributed by atoms with Gasteiger partial charge in [-0.3, -0.25) is 0 Å². The summed E-state index contributed by atoms with van der Waals surface area (Å²) >= 11 is -0.549. The Morgan fingerprint density at radius 1 is 1.10 bits per heavy atom. The second-order valence-corrected chi connectivity index (χ2v) is 22.6. The molecular weight excluding hydrogens is 352 g/mol. The Morgan fingerprint density at radius 3 is 2.10 bits per heavy atom. The van der Waals surface area contributed by atoms with Crippen molar-refractivity contribution in [2.75, 3.05) is 0 Å². The molecule has 1 aliphatic carbocycles. The van der Waals surface area contributed by atoms with E-state index in [-0.39, 0.29) is 0 Å². The third-order valence-electron chi connectivity index (χ3n) is 3.42. The molecule has 0 amide bonds. The van der Waals surface area contributed by atoms with E-state index in [0.717, 1.165) is 0 Å². The van der Waals surface area contributed by atoms with Gasteiger partial charge in [0, 0.05) is 0 Å². The van der Waals surface area contributed by atoms with Gasteiger partial charge in [0.1, 0.15) is 0 Å². The molecule has 110 valence electrons. The third-order valence-corrected chi connectivity index (χ3v) is 16.1. The Kier molecular flexibility index (Phi) is 6.44. The molecule has 0 heterocycles. The summed E-state index contributed by atoms with van der Waals surface area (Å²) in [5.41, 5.74) is 5.79. The Labute approximate surface area is 139 Å². The topological polar surface area (TPSA) is 0 Å². The van der Waals surface area contributed by atoms with Crippen LogP contribution in [0, 0.1) is 0 Å². The standard InChI is InChI=1S/C12H25Si2.C5H5.Zr/c1-11(9-13(3,4)5)12(2)10-14(6,7)8;1-2-4-5-3-1;/h9H,1-8H3;1-3H,4H2;. The van der Waals surface area contributed by atoms with Crippen LogP contribution < -0.4 is 0 Å². The summed E-state index contributed by atoms with van der Waals surface area (Å²) in [5.74, 6) is 0. The van der Waals surface area contributed by atoms with Gasteiger partial charge in [-0.2, -0.15) is 0 Å². The first-order valence-corrected chi connectivity index (χ1v) is 17.1. The van der Waals surface area contributed by atoms with Gasteiger partial charge in [-0.25, -0.2) is 0 Å². The van der Waals surface area contributed by atoms with E-state index in [9.17, 15) is 0 Å². The molecule has 1 rings (SSSR count). The van der Waals surface area contributed by atoms with Gasteiger partial charge in [0.25, 0.3) is 0 Å². The minimum absolute atomic E-state index is 0.549. The summed E-state index contributed by atoms with van der Waals surface area (Å²) in [6, 6.07) is 0. The minimum atomic E-state index is -1.19. The van der Waals surface area contributed by atoms with Crippen molar-refractivity contribution in [2.24, 2.45) is 0 Å². The fraction of sp³-hybridized carbons (Fsp3) is 0.529. The van der Waals surface area contributed by atoms with Crippen LogP contribution in [-0.2, 0) is 23.2 Å². The van der Waals surface area contributed by atoms with Crippen molar-refractivity contribution in [1.82, 2.24) is 0 Å². The molecule has 0 saturated heterocycles. The number of hydrogen-bond donors (Lipinski definition) is 0. The van der Waals surface area contributed by atoms with E-state index in [2.05, 4.69) is 77.1 Å². The van der Waals surface area contributed by atoms with Crippen molar-refractivity contribution in [1.29, 1.82) is 0 Å². The molecule has 0 radical (unpaired) electrons. The Bertz CT molecular complexity index is 480. The third kappa shape index (κ3) is 5.95. The normalized spacial score (nSPS) is 18.0. The van der Waals surface area contributed by atoms with E-state index in [1.807, 2.05) is 2.90 Å². The molecule has 3 heteroatoms. The van der Waals surface area contributed by atoms with Crippen molar-refractivity contribution >= 4 is 16.1 Å². The SMILES string of the molecule is CC(=C[Si](C)(C)C)C(C)=[C]([Zr][C]1=CC=CC1)[Si](C)(C)C. The molecule has 0 fully saturated rings. The maximum absolute atomic E-state index is 2.59. The molecular formula is C17H30Si2Zr. The first-order chi connectivity index (χ1) is 9.00. The van der Waals surface area contributed by atoms with Crippen molar-refractivity contribution in [2.45, 2.75) is 59.6 Å². The fourth-order valence-corrected chi connectivity index (χ4v) is 12.1. The van der Waals surface area contributed by atoms with Crippen molar-refractivity contribution < 1.29 is 23.2 Å². The van der Waals surface area contributed by atoms with Crippen LogP contribution in [0.25, 0.3) is 0 Å². The molecule has 0 bridgehead atoms. The monoisotopic (exact) mass is 380 g/mol. The molecule has 1 aliphatic rings. The molecule has 0 aromatic rings. The van der Waals surface area contributed by atoms with Crippen molar-refractivity contribution in [3.8, 4) is 0 Å². The molecule has 0 atom stereocenters. The Balaban J connectivity index is 3.14. The van der Waals surface area contributed by atoms with Crippen molar-refractivity contribution in [3.05, 3.63) is 41.3 Å². The summed E-state index contributed by atoms with van der Waals surface area (Å²) in [5, 5.41) is 0. The van der Waals surface area contributed by atoms with Crippen LogP contribution in [0.5, 0.6) is 0 Å². The first-order valence-electron chi connectivity index (χ1n) is 7.54. The molecule has 0 aromatic heterocycles. The predicted molar refractivity (Wildman–Crippen MR) is 95.0 cm³/mol. The predicted octanol–water partition coefficient (Wildman–Crippen LogP) is 5.89.